The van der Waals surface area contributed by atoms with Crippen LogP contribution in [0.5, 0.6) is 5.75 Å². The van der Waals surface area contributed by atoms with E-state index >= 15 is 0 Å². The summed E-state index contributed by atoms with van der Waals surface area (Å²) in [4.78, 5) is 19.5. The SMILES string of the molecule is COc1cc(C(=O)N2CC3(CCCN3)C2)ccc1-c1cc2nccc(-c3ccc(C)c(C#N)c3)c2o1. The zero-order valence-corrected chi connectivity index (χ0v) is 20.3. The van der Waals surface area contributed by atoms with Gasteiger partial charge in [0.25, 0.3) is 5.91 Å². The molecule has 180 valence electrons. The number of hydrogen-bond acceptors (Lipinski definition) is 6. The minimum atomic E-state index is 0.0143. The van der Waals surface area contributed by atoms with Gasteiger partial charge in [0.05, 0.1) is 29.8 Å². The van der Waals surface area contributed by atoms with E-state index in [1.54, 1.807) is 19.4 Å². The molecule has 1 amide bonds. The molecule has 2 aromatic heterocycles. The summed E-state index contributed by atoms with van der Waals surface area (Å²) in [6.45, 7) is 4.45. The van der Waals surface area contributed by atoms with Crippen molar-refractivity contribution in [3.05, 3.63) is 71.4 Å². The molecule has 0 radical (unpaired) electrons. The second-order valence-electron chi connectivity index (χ2n) is 9.71. The molecular formula is C29H26N4O3. The number of benzene rings is 2. The molecule has 2 aliphatic heterocycles. The Kier molecular flexibility index (Phi) is 5.27. The first-order chi connectivity index (χ1) is 17.5. The van der Waals surface area contributed by atoms with Gasteiger partial charge >= 0.3 is 0 Å². The molecule has 6 rings (SSSR count). The fraction of sp³-hybridized carbons (Fsp3) is 0.276. The van der Waals surface area contributed by atoms with E-state index < -0.39 is 0 Å². The second kappa shape index (κ2) is 8.51. The minimum Gasteiger partial charge on any atom is -0.496 e. The number of carbonyl (C=O) groups is 1. The van der Waals surface area contributed by atoms with Gasteiger partial charge < -0.3 is 19.4 Å². The maximum atomic E-state index is 13.1. The van der Waals surface area contributed by atoms with Crippen LogP contribution in [0.2, 0.25) is 0 Å². The topological polar surface area (TPSA) is 91.4 Å². The molecule has 2 fully saturated rings. The van der Waals surface area contributed by atoms with Crippen molar-refractivity contribution < 1.29 is 13.9 Å². The highest BCUT2D eigenvalue weighted by Gasteiger charge is 2.46. The van der Waals surface area contributed by atoms with E-state index in [1.807, 2.05) is 54.3 Å². The minimum absolute atomic E-state index is 0.0143. The van der Waals surface area contributed by atoms with Crippen LogP contribution in [0, 0.1) is 18.3 Å². The van der Waals surface area contributed by atoms with E-state index in [0.717, 1.165) is 48.3 Å². The van der Waals surface area contributed by atoms with Gasteiger partial charge in [-0.05, 0) is 67.8 Å². The molecule has 2 aromatic carbocycles. The van der Waals surface area contributed by atoms with E-state index in [2.05, 4.69) is 16.4 Å². The molecule has 0 unspecified atom stereocenters. The lowest BCUT2D eigenvalue weighted by molar-refractivity contribution is 0.0353. The summed E-state index contributed by atoms with van der Waals surface area (Å²) in [6.07, 6.45) is 4.03. The van der Waals surface area contributed by atoms with Gasteiger partial charge in [0, 0.05) is 36.5 Å². The number of amides is 1. The van der Waals surface area contributed by atoms with Crippen molar-refractivity contribution in [3.63, 3.8) is 0 Å². The van der Waals surface area contributed by atoms with E-state index in [0.29, 0.717) is 33.7 Å². The lowest BCUT2D eigenvalue weighted by Gasteiger charge is -2.48. The number of hydrogen-bond donors (Lipinski definition) is 1. The Morgan fingerprint density at radius 1 is 1.17 bits per heavy atom. The Labute approximate surface area is 209 Å². The predicted octanol–water partition coefficient (Wildman–Crippen LogP) is 4.93. The molecule has 2 aliphatic rings. The van der Waals surface area contributed by atoms with Crippen LogP contribution in [-0.4, -0.2) is 48.1 Å². The average Bonchev–Trinajstić information content (AvgIpc) is 3.55. The van der Waals surface area contributed by atoms with Crippen molar-refractivity contribution >= 4 is 17.0 Å². The van der Waals surface area contributed by atoms with Crippen LogP contribution in [0.4, 0.5) is 0 Å². The third-order valence-electron chi connectivity index (χ3n) is 7.40. The normalized spacial score (nSPS) is 16.2. The molecular weight excluding hydrogens is 452 g/mol. The monoisotopic (exact) mass is 478 g/mol. The van der Waals surface area contributed by atoms with Crippen molar-refractivity contribution in [1.82, 2.24) is 15.2 Å². The lowest BCUT2D eigenvalue weighted by Crippen LogP contribution is -2.67. The van der Waals surface area contributed by atoms with Gasteiger partial charge in [-0.1, -0.05) is 12.1 Å². The molecule has 4 aromatic rings. The predicted molar refractivity (Wildman–Crippen MR) is 137 cm³/mol. The molecule has 0 aliphatic carbocycles. The van der Waals surface area contributed by atoms with Crippen LogP contribution < -0.4 is 10.1 Å². The fourth-order valence-electron chi connectivity index (χ4n) is 5.39. The van der Waals surface area contributed by atoms with Crippen LogP contribution in [0.3, 0.4) is 0 Å². The van der Waals surface area contributed by atoms with E-state index in [9.17, 15) is 10.1 Å². The van der Waals surface area contributed by atoms with Crippen LogP contribution in [-0.2, 0) is 0 Å². The molecule has 7 heteroatoms. The number of likely N-dealkylation sites (tertiary alicyclic amines) is 1. The van der Waals surface area contributed by atoms with Crippen LogP contribution in [0.25, 0.3) is 33.6 Å². The van der Waals surface area contributed by atoms with Gasteiger partial charge in [0.2, 0.25) is 0 Å². The van der Waals surface area contributed by atoms with E-state index in [1.165, 1.54) is 6.42 Å². The largest absolute Gasteiger partial charge is 0.496 e. The third kappa shape index (κ3) is 3.62. The molecule has 0 saturated carbocycles. The van der Waals surface area contributed by atoms with Crippen molar-refractivity contribution in [2.24, 2.45) is 0 Å². The molecule has 0 bridgehead atoms. The Balaban J connectivity index is 1.33. The smallest absolute Gasteiger partial charge is 0.254 e. The fourth-order valence-corrected chi connectivity index (χ4v) is 5.39. The maximum absolute atomic E-state index is 13.1. The highest BCUT2D eigenvalue weighted by atomic mass is 16.5. The van der Waals surface area contributed by atoms with Crippen molar-refractivity contribution in [1.29, 1.82) is 5.26 Å². The summed E-state index contributed by atoms with van der Waals surface area (Å²) < 4.78 is 12.0. The zero-order chi connectivity index (χ0) is 24.9. The highest BCUT2D eigenvalue weighted by Crippen LogP contribution is 2.38. The van der Waals surface area contributed by atoms with Crippen LogP contribution in [0.1, 0.15) is 34.3 Å². The van der Waals surface area contributed by atoms with Crippen molar-refractivity contribution in [2.75, 3.05) is 26.7 Å². The van der Waals surface area contributed by atoms with Gasteiger partial charge in [-0.2, -0.15) is 5.26 Å². The summed E-state index contributed by atoms with van der Waals surface area (Å²) in [5, 5.41) is 13.0. The number of nitriles is 1. The molecule has 1 N–H and O–H groups in total. The number of rotatable bonds is 4. The Morgan fingerprint density at radius 3 is 2.78 bits per heavy atom. The number of nitrogens with one attached hydrogen (secondary N) is 1. The number of fused-ring (bicyclic) bond motifs is 1. The van der Waals surface area contributed by atoms with E-state index in [-0.39, 0.29) is 11.4 Å². The lowest BCUT2D eigenvalue weighted by atomic mass is 9.87. The van der Waals surface area contributed by atoms with E-state index in [4.69, 9.17) is 9.15 Å². The number of pyridine rings is 1. The number of carbonyl (C=O) groups excluding carboxylic acids is 1. The third-order valence-corrected chi connectivity index (χ3v) is 7.40. The number of aryl methyl sites for hydroxylation is 1. The van der Waals surface area contributed by atoms with Gasteiger partial charge in [-0.3, -0.25) is 9.78 Å². The highest BCUT2D eigenvalue weighted by molar-refractivity contribution is 5.97. The molecule has 4 heterocycles. The van der Waals surface area contributed by atoms with Gasteiger partial charge in [0.15, 0.2) is 5.58 Å². The molecule has 36 heavy (non-hydrogen) atoms. The van der Waals surface area contributed by atoms with Gasteiger partial charge in [-0.25, -0.2) is 0 Å². The molecule has 0 atom stereocenters. The zero-order valence-electron chi connectivity index (χ0n) is 20.3. The van der Waals surface area contributed by atoms with Crippen molar-refractivity contribution in [2.45, 2.75) is 25.3 Å². The van der Waals surface area contributed by atoms with Gasteiger partial charge in [0.1, 0.15) is 17.0 Å². The number of furan rings is 1. The summed E-state index contributed by atoms with van der Waals surface area (Å²) in [5.74, 6) is 1.18. The Bertz CT molecular complexity index is 1530. The first-order valence-corrected chi connectivity index (χ1v) is 12.1. The number of nitrogens with zero attached hydrogens (tertiary/aromatic N) is 3. The second-order valence-corrected chi connectivity index (χ2v) is 9.71. The summed E-state index contributed by atoms with van der Waals surface area (Å²) >= 11 is 0. The summed E-state index contributed by atoms with van der Waals surface area (Å²) in [7, 11) is 1.59. The van der Waals surface area contributed by atoms with Crippen LogP contribution in [0.15, 0.2) is 59.1 Å². The average molecular weight is 479 g/mol. The number of ether oxygens (including phenoxy) is 1. The number of methoxy groups -OCH3 is 1. The quantitative estimate of drug-likeness (QED) is 0.447. The van der Waals surface area contributed by atoms with Crippen LogP contribution >= 0.6 is 0 Å². The number of aromatic nitrogens is 1. The Morgan fingerprint density at radius 2 is 2.03 bits per heavy atom. The first-order valence-electron chi connectivity index (χ1n) is 12.1. The molecule has 1 spiro atoms. The standard InChI is InChI=1S/C29H26N4O3/c1-18-4-5-19(12-21(18)15-30)22-8-11-31-24-14-26(36-27(22)24)23-7-6-20(13-25(23)35-2)28(34)33-16-29(17-33)9-3-10-32-29/h4-8,11-14,32H,3,9-10,16-17H2,1-2H3. The van der Waals surface area contributed by atoms with Crippen molar-refractivity contribution in [3.8, 4) is 34.3 Å². The molecule has 7 nitrogen and oxygen atoms in total. The molecule has 2 saturated heterocycles. The Hall–Kier alpha value is -4.15. The summed E-state index contributed by atoms with van der Waals surface area (Å²) in [5.41, 5.74) is 6.12. The van der Waals surface area contributed by atoms with Gasteiger partial charge in [-0.15, -0.1) is 0 Å². The summed E-state index contributed by atoms with van der Waals surface area (Å²) in [6, 6.07) is 17.3. The maximum Gasteiger partial charge on any atom is 0.254 e. The first kappa shape index (κ1) is 22.3.